The molecule has 27 heavy (non-hydrogen) atoms. The SMILES string of the molecule is CC(/C=N\NC(=O)Cn1nnc2ccccc21)=C/c1ccc(C(C)C)cc1. The predicted molar refractivity (Wildman–Crippen MR) is 108 cm³/mol. The molecule has 0 aliphatic carbocycles. The van der Waals surface area contributed by atoms with Crippen molar-refractivity contribution < 1.29 is 4.79 Å². The fourth-order valence-corrected chi connectivity index (χ4v) is 2.69. The van der Waals surface area contributed by atoms with E-state index in [1.54, 1.807) is 10.9 Å². The second kappa shape index (κ2) is 8.40. The predicted octanol–water partition coefficient (Wildman–Crippen LogP) is 3.76. The lowest BCUT2D eigenvalue weighted by molar-refractivity contribution is -0.121. The Morgan fingerprint density at radius 1 is 1.19 bits per heavy atom. The lowest BCUT2D eigenvalue weighted by Crippen LogP contribution is -2.23. The number of hydrogen-bond acceptors (Lipinski definition) is 4. The third-order valence-electron chi connectivity index (χ3n) is 4.17. The molecule has 0 bridgehead atoms. The van der Waals surface area contributed by atoms with Crippen molar-refractivity contribution in [2.45, 2.75) is 33.2 Å². The molecular formula is C21H23N5O. The Morgan fingerprint density at radius 3 is 2.67 bits per heavy atom. The number of benzene rings is 2. The Labute approximate surface area is 158 Å². The normalized spacial score (nSPS) is 12.2. The summed E-state index contributed by atoms with van der Waals surface area (Å²) in [5, 5.41) is 12.0. The Bertz CT molecular complexity index is 983. The van der Waals surface area contributed by atoms with Gasteiger partial charge in [0.15, 0.2) is 0 Å². The number of aromatic nitrogens is 3. The molecule has 1 heterocycles. The van der Waals surface area contributed by atoms with E-state index in [1.165, 1.54) is 5.56 Å². The highest BCUT2D eigenvalue weighted by Gasteiger charge is 2.07. The molecule has 3 rings (SSSR count). The smallest absolute Gasteiger partial charge is 0.261 e. The van der Waals surface area contributed by atoms with Crippen molar-refractivity contribution in [2.75, 3.05) is 0 Å². The van der Waals surface area contributed by atoms with E-state index in [0.717, 1.165) is 22.2 Å². The molecule has 0 radical (unpaired) electrons. The van der Waals surface area contributed by atoms with Gasteiger partial charge in [-0.05, 0) is 41.7 Å². The van der Waals surface area contributed by atoms with Gasteiger partial charge in [0.2, 0.25) is 0 Å². The Morgan fingerprint density at radius 2 is 1.93 bits per heavy atom. The number of nitrogens with zero attached hydrogens (tertiary/aromatic N) is 4. The highest BCUT2D eigenvalue weighted by atomic mass is 16.2. The van der Waals surface area contributed by atoms with Crippen molar-refractivity contribution in [1.29, 1.82) is 0 Å². The first-order valence-electron chi connectivity index (χ1n) is 8.91. The van der Waals surface area contributed by atoms with Crippen molar-refractivity contribution in [2.24, 2.45) is 5.10 Å². The fourth-order valence-electron chi connectivity index (χ4n) is 2.69. The molecule has 0 aliphatic heterocycles. The first kappa shape index (κ1) is 18.5. The summed E-state index contributed by atoms with van der Waals surface area (Å²) in [4.78, 5) is 12.1. The van der Waals surface area contributed by atoms with Gasteiger partial charge in [-0.2, -0.15) is 5.10 Å². The van der Waals surface area contributed by atoms with Crippen molar-refractivity contribution in [1.82, 2.24) is 20.4 Å². The van der Waals surface area contributed by atoms with Gasteiger partial charge in [0, 0.05) is 0 Å². The number of hydrogen-bond donors (Lipinski definition) is 1. The first-order valence-corrected chi connectivity index (χ1v) is 8.91. The summed E-state index contributed by atoms with van der Waals surface area (Å²) in [6.07, 6.45) is 3.65. The summed E-state index contributed by atoms with van der Waals surface area (Å²) < 4.78 is 1.55. The van der Waals surface area contributed by atoms with Gasteiger partial charge >= 0.3 is 0 Å². The minimum absolute atomic E-state index is 0.0667. The van der Waals surface area contributed by atoms with Crippen LogP contribution in [-0.4, -0.2) is 27.1 Å². The quantitative estimate of drug-likeness (QED) is 0.537. The van der Waals surface area contributed by atoms with Crippen LogP contribution in [0.3, 0.4) is 0 Å². The standard InChI is InChI=1S/C21H23N5O/c1-15(2)18-10-8-17(9-11-18)12-16(3)13-22-24-21(27)14-26-20-7-5-4-6-19(20)23-25-26/h4-13,15H,14H2,1-3H3,(H,24,27)/b16-12-,22-13-. The average molecular weight is 361 g/mol. The van der Waals surface area contributed by atoms with Crippen LogP contribution in [-0.2, 0) is 11.3 Å². The molecule has 3 aromatic rings. The van der Waals surface area contributed by atoms with Crippen LogP contribution in [0.5, 0.6) is 0 Å². The van der Waals surface area contributed by atoms with Crippen LogP contribution in [0.4, 0.5) is 0 Å². The van der Waals surface area contributed by atoms with E-state index in [4.69, 9.17) is 0 Å². The molecule has 0 saturated heterocycles. The maximum atomic E-state index is 12.1. The molecule has 0 atom stereocenters. The van der Waals surface area contributed by atoms with Crippen molar-refractivity contribution in [3.05, 3.63) is 65.2 Å². The van der Waals surface area contributed by atoms with Crippen LogP contribution >= 0.6 is 0 Å². The average Bonchev–Trinajstić information content (AvgIpc) is 3.05. The third kappa shape index (κ3) is 4.88. The second-order valence-electron chi connectivity index (χ2n) is 6.74. The summed E-state index contributed by atoms with van der Waals surface area (Å²) in [5.74, 6) is 0.263. The summed E-state index contributed by atoms with van der Waals surface area (Å²) in [7, 11) is 0. The zero-order chi connectivity index (χ0) is 19.2. The van der Waals surface area contributed by atoms with E-state index >= 15 is 0 Å². The van der Waals surface area contributed by atoms with E-state index in [9.17, 15) is 4.79 Å². The van der Waals surface area contributed by atoms with Gasteiger partial charge in [-0.1, -0.05) is 61.5 Å². The maximum Gasteiger partial charge on any atom is 0.261 e. The maximum absolute atomic E-state index is 12.1. The van der Waals surface area contributed by atoms with Gasteiger partial charge in [-0.15, -0.1) is 5.10 Å². The van der Waals surface area contributed by atoms with Crippen LogP contribution in [0.1, 0.15) is 37.8 Å². The lowest BCUT2D eigenvalue weighted by atomic mass is 10.0. The number of allylic oxidation sites excluding steroid dienone is 1. The number of rotatable bonds is 6. The molecule has 0 aliphatic rings. The number of carbonyl (C=O) groups is 1. The van der Waals surface area contributed by atoms with Crippen LogP contribution in [0.25, 0.3) is 17.1 Å². The molecule has 0 saturated carbocycles. The largest absolute Gasteiger partial charge is 0.271 e. The summed E-state index contributed by atoms with van der Waals surface area (Å²) >= 11 is 0. The molecule has 0 spiro atoms. The highest BCUT2D eigenvalue weighted by Crippen LogP contribution is 2.16. The molecule has 6 heteroatoms. The van der Waals surface area contributed by atoms with Crippen LogP contribution in [0.15, 0.2) is 59.2 Å². The van der Waals surface area contributed by atoms with Crippen LogP contribution < -0.4 is 5.43 Å². The zero-order valence-corrected chi connectivity index (χ0v) is 15.8. The molecular weight excluding hydrogens is 338 g/mol. The van der Waals surface area contributed by atoms with Crippen LogP contribution in [0, 0.1) is 0 Å². The van der Waals surface area contributed by atoms with E-state index in [2.05, 4.69) is 59.0 Å². The topological polar surface area (TPSA) is 72.2 Å². The van der Waals surface area contributed by atoms with E-state index in [0.29, 0.717) is 5.92 Å². The van der Waals surface area contributed by atoms with Gasteiger partial charge in [0.05, 0.1) is 11.7 Å². The number of fused-ring (bicyclic) bond motifs is 1. The summed E-state index contributed by atoms with van der Waals surface area (Å²) in [6, 6.07) is 15.9. The van der Waals surface area contributed by atoms with E-state index < -0.39 is 0 Å². The Hall–Kier alpha value is -3.28. The molecule has 1 amide bonds. The summed E-state index contributed by atoms with van der Waals surface area (Å²) in [5.41, 5.74) is 7.46. The molecule has 0 unspecified atom stereocenters. The number of amides is 1. The minimum Gasteiger partial charge on any atom is -0.271 e. The monoisotopic (exact) mass is 361 g/mol. The third-order valence-corrected chi connectivity index (χ3v) is 4.17. The molecule has 138 valence electrons. The van der Waals surface area contributed by atoms with E-state index in [1.807, 2.05) is 37.3 Å². The fraction of sp³-hybridized carbons (Fsp3) is 0.238. The molecule has 1 aromatic heterocycles. The van der Waals surface area contributed by atoms with Gasteiger partial charge in [0.25, 0.3) is 5.91 Å². The van der Waals surface area contributed by atoms with Crippen molar-refractivity contribution >= 4 is 29.2 Å². The minimum atomic E-state index is -0.254. The van der Waals surface area contributed by atoms with Crippen molar-refractivity contribution in [3.63, 3.8) is 0 Å². The number of nitrogens with one attached hydrogen (secondary N) is 1. The van der Waals surface area contributed by atoms with Gasteiger partial charge in [-0.25, -0.2) is 10.1 Å². The molecule has 0 fully saturated rings. The number of hydrazone groups is 1. The molecule has 2 aromatic carbocycles. The van der Waals surface area contributed by atoms with Gasteiger partial charge in [-0.3, -0.25) is 4.79 Å². The highest BCUT2D eigenvalue weighted by molar-refractivity contribution is 5.86. The Kier molecular flexibility index (Phi) is 5.76. The molecule has 1 N–H and O–H groups in total. The van der Waals surface area contributed by atoms with E-state index in [-0.39, 0.29) is 12.5 Å². The number of para-hydroxylation sites is 1. The molecule has 6 nitrogen and oxygen atoms in total. The van der Waals surface area contributed by atoms with Gasteiger partial charge in [0.1, 0.15) is 12.1 Å². The number of carbonyl (C=O) groups excluding carboxylic acids is 1. The lowest BCUT2D eigenvalue weighted by Gasteiger charge is -2.05. The second-order valence-corrected chi connectivity index (χ2v) is 6.74. The van der Waals surface area contributed by atoms with Crippen LogP contribution in [0.2, 0.25) is 0 Å². The first-order chi connectivity index (χ1) is 13.0. The van der Waals surface area contributed by atoms with Gasteiger partial charge < -0.3 is 0 Å². The Balaban J connectivity index is 1.56. The zero-order valence-electron chi connectivity index (χ0n) is 15.8. The summed E-state index contributed by atoms with van der Waals surface area (Å²) in [6.45, 7) is 6.36. The van der Waals surface area contributed by atoms with Crippen molar-refractivity contribution in [3.8, 4) is 0 Å².